The van der Waals surface area contributed by atoms with Gasteiger partial charge in [-0.1, -0.05) is 35.0 Å². The van der Waals surface area contributed by atoms with Crippen LogP contribution in [0.4, 0.5) is 0 Å². The molecule has 0 aromatic heterocycles. The predicted octanol–water partition coefficient (Wildman–Crippen LogP) is 2.85. The van der Waals surface area contributed by atoms with Crippen molar-refractivity contribution in [2.45, 2.75) is 38.2 Å². The molecule has 0 aliphatic heterocycles. The van der Waals surface area contributed by atoms with Crippen LogP contribution < -0.4 is 5.32 Å². The summed E-state index contributed by atoms with van der Waals surface area (Å²) in [4.78, 5) is 12.0. The average molecular weight is 358 g/mol. The molecule has 0 aliphatic rings. The summed E-state index contributed by atoms with van der Waals surface area (Å²) >= 11 is 3.40. The highest BCUT2D eigenvalue weighted by Crippen LogP contribution is 2.21. The summed E-state index contributed by atoms with van der Waals surface area (Å²) in [6.07, 6.45) is 0.897. The molecule has 0 fully saturated rings. The summed E-state index contributed by atoms with van der Waals surface area (Å²) < 4.78 is 5.97. The smallest absolute Gasteiger partial charge is 0.220 e. The number of rotatable bonds is 8. The molecule has 0 aliphatic carbocycles. The van der Waals surface area contributed by atoms with E-state index in [-0.39, 0.29) is 18.4 Å². The van der Waals surface area contributed by atoms with Crippen molar-refractivity contribution in [3.8, 4) is 0 Å². The summed E-state index contributed by atoms with van der Waals surface area (Å²) in [5.41, 5.74) is 0.187. The number of methoxy groups -OCH3 is 1. The molecule has 2 atom stereocenters. The molecule has 1 aromatic carbocycles. The largest absolute Gasteiger partial charge is 0.388 e. The zero-order chi connectivity index (χ0) is 15.9. The van der Waals surface area contributed by atoms with E-state index in [2.05, 4.69) is 21.2 Å². The second-order valence-electron chi connectivity index (χ2n) is 5.67. The van der Waals surface area contributed by atoms with Crippen LogP contribution in [0.25, 0.3) is 0 Å². The Kier molecular flexibility index (Phi) is 7.35. The van der Waals surface area contributed by atoms with E-state index in [0.717, 1.165) is 10.0 Å². The molecule has 1 aromatic rings. The number of hydrogen-bond donors (Lipinski definition) is 2. The third-order valence-electron chi connectivity index (χ3n) is 3.44. The lowest BCUT2D eigenvalue weighted by molar-refractivity contribution is -0.122. The minimum absolute atomic E-state index is 0.0527. The number of nitrogens with one attached hydrogen (secondary N) is 1. The van der Waals surface area contributed by atoms with Crippen molar-refractivity contribution in [2.24, 2.45) is 0 Å². The summed E-state index contributed by atoms with van der Waals surface area (Å²) in [5.74, 6) is 0.0881. The van der Waals surface area contributed by atoms with E-state index in [1.165, 1.54) is 0 Å². The number of halogens is 1. The average Bonchev–Trinajstić information content (AvgIpc) is 2.44. The molecular weight excluding hydrogens is 334 g/mol. The van der Waals surface area contributed by atoms with Crippen molar-refractivity contribution in [3.05, 3.63) is 34.3 Å². The Hall–Kier alpha value is -0.910. The van der Waals surface area contributed by atoms with Crippen LogP contribution in [0.3, 0.4) is 0 Å². The standard InChI is InChI=1S/C16H24BrNO3/c1-12(13-4-6-14(17)7-5-13)10-15(19)18-11-16(2,20)8-9-21-3/h4-7,12,20H,8-11H2,1-3H3,(H,18,19). The fourth-order valence-corrected chi connectivity index (χ4v) is 2.22. The normalized spacial score (nSPS) is 15.3. The lowest BCUT2D eigenvalue weighted by atomic mass is 9.97. The summed E-state index contributed by atoms with van der Waals surface area (Å²) in [6.45, 7) is 4.43. The van der Waals surface area contributed by atoms with Crippen LogP contribution in [0.1, 0.15) is 38.2 Å². The van der Waals surface area contributed by atoms with Crippen molar-refractivity contribution in [1.82, 2.24) is 5.32 Å². The Labute approximate surface area is 135 Å². The molecule has 0 bridgehead atoms. The maximum Gasteiger partial charge on any atom is 0.220 e. The van der Waals surface area contributed by atoms with E-state index in [9.17, 15) is 9.90 Å². The molecule has 0 saturated carbocycles. The fourth-order valence-electron chi connectivity index (χ4n) is 1.96. The summed E-state index contributed by atoms with van der Waals surface area (Å²) in [6, 6.07) is 7.96. The highest BCUT2D eigenvalue weighted by Gasteiger charge is 2.21. The maximum atomic E-state index is 12.0. The van der Waals surface area contributed by atoms with E-state index in [1.807, 2.05) is 31.2 Å². The van der Waals surface area contributed by atoms with Crippen molar-refractivity contribution in [1.29, 1.82) is 0 Å². The Balaban J connectivity index is 2.41. The first-order chi connectivity index (χ1) is 9.84. The number of ether oxygens (including phenoxy) is 1. The van der Waals surface area contributed by atoms with Crippen LogP contribution in [0.15, 0.2) is 28.7 Å². The zero-order valence-corrected chi connectivity index (χ0v) is 14.4. The summed E-state index contributed by atoms with van der Waals surface area (Å²) in [7, 11) is 1.59. The molecule has 118 valence electrons. The van der Waals surface area contributed by atoms with Gasteiger partial charge in [0.2, 0.25) is 5.91 Å². The second-order valence-corrected chi connectivity index (χ2v) is 6.59. The Bertz CT molecular complexity index is 445. The minimum Gasteiger partial charge on any atom is -0.388 e. The Morgan fingerprint density at radius 3 is 2.62 bits per heavy atom. The van der Waals surface area contributed by atoms with Crippen molar-refractivity contribution < 1.29 is 14.6 Å². The molecule has 2 unspecified atom stereocenters. The van der Waals surface area contributed by atoms with Gasteiger partial charge in [-0.15, -0.1) is 0 Å². The lowest BCUT2D eigenvalue weighted by Crippen LogP contribution is -2.41. The number of amides is 1. The first-order valence-corrected chi connectivity index (χ1v) is 7.87. The number of carbonyl (C=O) groups excluding carboxylic acids is 1. The van der Waals surface area contributed by atoms with E-state index in [4.69, 9.17) is 4.74 Å². The third-order valence-corrected chi connectivity index (χ3v) is 3.97. The molecule has 5 heteroatoms. The minimum atomic E-state index is -0.938. The van der Waals surface area contributed by atoms with Crippen LogP contribution in [0.5, 0.6) is 0 Å². The molecule has 0 spiro atoms. The summed E-state index contributed by atoms with van der Waals surface area (Å²) in [5, 5.41) is 12.9. The topological polar surface area (TPSA) is 58.6 Å². The lowest BCUT2D eigenvalue weighted by Gasteiger charge is -2.23. The van der Waals surface area contributed by atoms with Gasteiger partial charge in [-0.3, -0.25) is 4.79 Å². The molecule has 4 nitrogen and oxygen atoms in total. The molecular formula is C16H24BrNO3. The molecule has 21 heavy (non-hydrogen) atoms. The van der Waals surface area contributed by atoms with Gasteiger partial charge in [0.15, 0.2) is 0 Å². The fraction of sp³-hybridized carbons (Fsp3) is 0.562. The number of aliphatic hydroxyl groups is 1. The molecule has 1 amide bonds. The molecule has 0 heterocycles. The van der Waals surface area contributed by atoms with Crippen molar-refractivity contribution in [2.75, 3.05) is 20.3 Å². The van der Waals surface area contributed by atoms with Crippen LogP contribution in [0.2, 0.25) is 0 Å². The number of benzene rings is 1. The number of hydrogen-bond acceptors (Lipinski definition) is 3. The molecule has 2 N–H and O–H groups in total. The maximum absolute atomic E-state index is 12.0. The van der Waals surface area contributed by atoms with E-state index in [0.29, 0.717) is 19.4 Å². The van der Waals surface area contributed by atoms with Crippen LogP contribution >= 0.6 is 15.9 Å². The van der Waals surface area contributed by atoms with Crippen molar-refractivity contribution >= 4 is 21.8 Å². The Morgan fingerprint density at radius 2 is 2.05 bits per heavy atom. The van der Waals surface area contributed by atoms with Gasteiger partial charge in [0.05, 0.1) is 5.60 Å². The second kappa shape index (κ2) is 8.51. The van der Waals surface area contributed by atoms with Gasteiger partial charge in [0.1, 0.15) is 0 Å². The van der Waals surface area contributed by atoms with Gasteiger partial charge in [-0.2, -0.15) is 0 Å². The first kappa shape index (κ1) is 18.1. The highest BCUT2D eigenvalue weighted by molar-refractivity contribution is 9.10. The first-order valence-electron chi connectivity index (χ1n) is 7.07. The van der Waals surface area contributed by atoms with Crippen molar-refractivity contribution in [3.63, 3.8) is 0 Å². The molecule has 1 rings (SSSR count). The van der Waals surface area contributed by atoms with Gasteiger partial charge in [0.25, 0.3) is 0 Å². The zero-order valence-electron chi connectivity index (χ0n) is 12.9. The van der Waals surface area contributed by atoms with Gasteiger partial charge in [-0.25, -0.2) is 0 Å². The molecule has 0 radical (unpaired) electrons. The third kappa shape index (κ3) is 7.07. The monoisotopic (exact) mass is 357 g/mol. The van der Waals surface area contributed by atoms with E-state index < -0.39 is 5.60 Å². The van der Waals surface area contributed by atoms with Gasteiger partial charge >= 0.3 is 0 Å². The predicted molar refractivity (Wildman–Crippen MR) is 87.3 cm³/mol. The van der Waals surface area contributed by atoms with Crippen LogP contribution in [-0.2, 0) is 9.53 Å². The highest BCUT2D eigenvalue weighted by atomic mass is 79.9. The van der Waals surface area contributed by atoms with Gasteiger partial charge in [-0.05, 0) is 30.5 Å². The van der Waals surface area contributed by atoms with E-state index >= 15 is 0 Å². The van der Waals surface area contributed by atoms with E-state index in [1.54, 1.807) is 14.0 Å². The Morgan fingerprint density at radius 1 is 1.43 bits per heavy atom. The van der Waals surface area contributed by atoms with Gasteiger partial charge in [0, 0.05) is 37.6 Å². The van der Waals surface area contributed by atoms with Crippen LogP contribution in [-0.4, -0.2) is 36.9 Å². The quantitative estimate of drug-likeness (QED) is 0.751. The number of carbonyl (C=O) groups is 1. The molecule has 0 saturated heterocycles. The van der Waals surface area contributed by atoms with Crippen LogP contribution in [0, 0.1) is 0 Å². The van der Waals surface area contributed by atoms with Gasteiger partial charge < -0.3 is 15.2 Å². The SMILES string of the molecule is COCCC(C)(O)CNC(=O)CC(C)c1ccc(Br)cc1.